The van der Waals surface area contributed by atoms with Gasteiger partial charge in [-0.3, -0.25) is 19.2 Å². The normalized spacial score (nSPS) is 15.1. The Labute approximate surface area is 272 Å². The lowest BCUT2D eigenvalue weighted by Gasteiger charge is -2.27. The fourth-order valence-electron chi connectivity index (χ4n) is 4.69. The van der Waals surface area contributed by atoms with Gasteiger partial charge in [0.25, 0.3) is 0 Å². The van der Waals surface area contributed by atoms with Gasteiger partial charge in [0.05, 0.1) is 6.04 Å². The number of benzene rings is 1. The average Bonchev–Trinajstić information content (AvgIpc) is 3.01. The minimum absolute atomic E-state index is 0.0143. The third-order valence-electron chi connectivity index (χ3n) is 7.96. The minimum atomic E-state index is -1.22. The van der Waals surface area contributed by atoms with Gasteiger partial charge in [-0.2, -0.15) is 0 Å². The molecular formula is C32H55N7O7. The van der Waals surface area contributed by atoms with Gasteiger partial charge in [-0.1, -0.05) is 46.2 Å². The van der Waals surface area contributed by atoms with E-state index in [1.165, 1.54) is 12.1 Å². The Morgan fingerprint density at radius 2 is 1.17 bits per heavy atom. The van der Waals surface area contributed by atoms with Crippen molar-refractivity contribution in [3.8, 4) is 5.75 Å². The predicted octanol–water partition coefficient (Wildman–Crippen LogP) is 0.246. The molecule has 46 heavy (non-hydrogen) atoms. The zero-order valence-electron chi connectivity index (χ0n) is 27.6. The first-order valence-corrected chi connectivity index (χ1v) is 16.1. The number of aromatic hydroxyl groups is 1. The number of hydrogen-bond acceptors (Lipinski definition) is 9. The number of phenols is 1. The summed E-state index contributed by atoms with van der Waals surface area (Å²) in [6.07, 6.45) is 3.36. The van der Waals surface area contributed by atoms with E-state index in [1.54, 1.807) is 26.0 Å². The van der Waals surface area contributed by atoms with Gasteiger partial charge in [-0.25, -0.2) is 4.79 Å². The van der Waals surface area contributed by atoms with Gasteiger partial charge < -0.3 is 48.7 Å². The maximum absolute atomic E-state index is 13.7. The van der Waals surface area contributed by atoms with E-state index in [-0.39, 0.29) is 30.9 Å². The monoisotopic (exact) mass is 649 g/mol. The Kier molecular flexibility index (Phi) is 18.5. The van der Waals surface area contributed by atoms with Crippen molar-refractivity contribution >= 4 is 29.6 Å². The van der Waals surface area contributed by atoms with Crippen molar-refractivity contribution in [3.05, 3.63) is 29.8 Å². The molecule has 0 aliphatic rings. The number of carboxylic acids is 1. The van der Waals surface area contributed by atoms with Crippen LogP contribution in [0.5, 0.6) is 5.75 Å². The van der Waals surface area contributed by atoms with Crippen molar-refractivity contribution in [1.29, 1.82) is 0 Å². The third kappa shape index (κ3) is 14.1. The third-order valence-corrected chi connectivity index (χ3v) is 7.96. The molecule has 12 N–H and O–H groups in total. The van der Waals surface area contributed by atoms with Crippen LogP contribution in [-0.2, 0) is 30.4 Å². The maximum atomic E-state index is 13.7. The second-order valence-corrected chi connectivity index (χ2v) is 12.1. The molecule has 1 aromatic carbocycles. The van der Waals surface area contributed by atoms with E-state index >= 15 is 0 Å². The van der Waals surface area contributed by atoms with Crippen LogP contribution in [0.4, 0.5) is 0 Å². The lowest BCUT2D eigenvalue weighted by atomic mass is 9.98. The van der Waals surface area contributed by atoms with Crippen molar-refractivity contribution in [2.45, 2.75) is 109 Å². The number of nitrogens with two attached hydrogens (primary N) is 3. The molecule has 1 aromatic rings. The summed E-state index contributed by atoms with van der Waals surface area (Å²) in [5, 5.41) is 30.0. The first-order chi connectivity index (χ1) is 21.7. The van der Waals surface area contributed by atoms with Crippen molar-refractivity contribution in [2.24, 2.45) is 29.0 Å². The lowest BCUT2D eigenvalue weighted by Crippen LogP contribution is -2.59. The summed E-state index contributed by atoms with van der Waals surface area (Å²) in [5.74, 6) is -4.20. The standard InChI is InChI=1S/C32H55N7O7/c1-5-20(4)26(35)31(44)37-24(11-7-9-17-34)28(41)36-23(10-6-8-16-33)29(42)38-25(18-21-12-14-22(40)15-13-21)30(43)39-27(19(2)3)32(45)46/h12-15,19-20,23-27,40H,5-11,16-18,33-35H2,1-4H3,(H,36,41)(H,37,44)(H,38,42)(H,39,43)(H,45,46)/t20-,23-,24-,25-,26-,27-/m0/s1. The summed E-state index contributed by atoms with van der Waals surface area (Å²) in [6.45, 7) is 7.82. The smallest absolute Gasteiger partial charge is 0.326 e. The van der Waals surface area contributed by atoms with E-state index < -0.39 is 65.7 Å². The van der Waals surface area contributed by atoms with Gasteiger partial charge in [0.2, 0.25) is 23.6 Å². The number of carbonyl (C=O) groups excluding carboxylic acids is 4. The summed E-state index contributed by atoms with van der Waals surface area (Å²) in [5.41, 5.74) is 18.0. The number of unbranched alkanes of at least 4 members (excludes halogenated alkanes) is 2. The van der Waals surface area contributed by atoms with Crippen LogP contribution in [0.25, 0.3) is 0 Å². The molecule has 260 valence electrons. The Morgan fingerprint density at radius 3 is 1.61 bits per heavy atom. The summed E-state index contributed by atoms with van der Waals surface area (Å²) in [6, 6.07) is 0.731. The zero-order chi connectivity index (χ0) is 34.8. The van der Waals surface area contributed by atoms with E-state index in [0.29, 0.717) is 50.8 Å². The quantitative estimate of drug-likeness (QED) is 0.0774. The van der Waals surface area contributed by atoms with E-state index in [1.807, 2.05) is 13.8 Å². The van der Waals surface area contributed by atoms with E-state index in [0.717, 1.165) is 0 Å². The Morgan fingerprint density at radius 1 is 0.717 bits per heavy atom. The SMILES string of the molecule is CC[C@H](C)[C@H](N)C(=O)N[C@@H](CCCCN)C(=O)N[C@@H](CCCCN)C(=O)N[C@@H](Cc1ccc(O)cc1)C(=O)N[C@H](C(=O)O)C(C)C. The fraction of sp³-hybridized carbons (Fsp3) is 0.656. The molecule has 0 heterocycles. The van der Waals surface area contributed by atoms with Gasteiger partial charge in [0.1, 0.15) is 29.9 Å². The van der Waals surface area contributed by atoms with Crippen LogP contribution in [0.1, 0.15) is 78.2 Å². The number of nitrogens with one attached hydrogen (secondary N) is 4. The van der Waals surface area contributed by atoms with E-state index in [4.69, 9.17) is 17.2 Å². The highest BCUT2D eigenvalue weighted by atomic mass is 16.4. The Bertz CT molecular complexity index is 1120. The number of rotatable bonds is 22. The molecule has 14 nitrogen and oxygen atoms in total. The van der Waals surface area contributed by atoms with Crippen LogP contribution >= 0.6 is 0 Å². The molecule has 0 saturated carbocycles. The number of carboxylic acid groups (broad SMARTS) is 1. The Hall–Kier alpha value is -3.75. The summed E-state index contributed by atoms with van der Waals surface area (Å²) in [7, 11) is 0. The number of phenolic OH excluding ortho intramolecular Hbond substituents is 1. The molecule has 1 rings (SSSR count). The summed E-state index contributed by atoms with van der Waals surface area (Å²) in [4.78, 5) is 65.3. The molecule has 6 atom stereocenters. The lowest BCUT2D eigenvalue weighted by molar-refractivity contribution is -0.143. The highest BCUT2D eigenvalue weighted by Crippen LogP contribution is 2.14. The molecule has 0 radical (unpaired) electrons. The van der Waals surface area contributed by atoms with Gasteiger partial charge in [-0.05, 0) is 81.1 Å². The van der Waals surface area contributed by atoms with Crippen molar-refractivity contribution < 1.29 is 34.2 Å². The van der Waals surface area contributed by atoms with E-state index in [2.05, 4.69) is 21.3 Å². The number of aliphatic carboxylic acids is 1. The van der Waals surface area contributed by atoms with Crippen LogP contribution in [0.2, 0.25) is 0 Å². The van der Waals surface area contributed by atoms with Gasteiger partial charge in [0, 0.05) is 6.42 Å². The summed E-state index contributed by atoms with van der Waals surface area (Å²) >= 11 is 0. The Balaban J connectivity index is 3.29. The van der Waals surface area contributed by atoms with Crippen LogP contribution in [-0.4, -0.2) is 83.1 Å². The van der Waals surface area contributed by atoms with Gasteiger partial charge >= 0.3 is 5.97 Å². The zero-order valence-corrected chi connectivity index (χ0v) is 27.6. The predicted molar refractivity (Wildman–Crippen MR) is 175 cm³/mol. The molecule has 0 aliphatic heterocycles. The number of carbonyl (C=O) groups is 5. The van der Waals surface area contributed by atoms with Crippen LogP contribution in [0.3, 0.4) is 0 Å². The van der Waals surface area contributed by atoms with Crippen molar-refractivity contribution in [1.82, 2.24) is 21.3 Å². The number of hydrogen-bond donors (Lipinski definition) is 9. The van der Waals surface area contributed by atoms with Crippen LogP contribution < -0.4 is 38.5 Å². The molecule has 0 aromatic heterocycles. The molecule has 0 unspecified atom stereocenters. The highest BCUT2D eigenvalue weighted by molar-refractivity contribution is 5.95. The maximum Gasteiger partial charge on any atom is 0.326 e. The highest BCUT2D eigenvalue weighted by Gasteiger charge is 2.33. The average molecular weight is 650 g/mol. The van der Waals surface area contributed by atoms with Gasteiger partial charge in [-0.15, -0.1) is 0 Å². The van der Waals surface area contributed by atoms with Crippen molar-refractivity contribution in [3.63, 3.8) is 0 Å². The topological polar surface area (TPSA) is 252 Å². The molecule has 0 bridgehead atoms. The fourth-order valence-corrected chi connectivity index (χ4v) is 4.69. The van der Waals surface area contributed by atoms with Gasteiger partial charge in [0.15, 0.2) is 0 Å². The van der Waals surface area contributed by atoms with E-state index in [9.17, 15) is 34.2 Å². The first kappa shape index (κ1) is 40.3. The second-order valence-electron chi connectivity index (χ2n) is 12.1. The number of amides is 4. The minimum Gasteiger partial charge on any atom is -0.508 e. The molecule has 0 spiro atoms. The molecule has 0 aliphatic carbocycles. The molecule has 4 amide bonds. The molecule has 0 saturated heterocycles. The first-order valence-electron chi connectivity index (χ1n) is 16.1. The van der Waals surface area contributed by atoms with Crippen molar-refractivity contribution in [2.75, 3.05) is 13.1 Å². The van der Waals surface area contributed by atoms with Crippen LogP contribution in [0, 0.1) is 11.8 Å². The molecule has 14 heteroatoms. The summed E-state index contributed by atoms with van der Waals surface area (Å²) < 4.78 is 0. The molecule has 0 fully saturated rings. The largest absolute Gasteiger partial charge is 0.508 e. The second kappa shape index (κ2) is 21.1. The molecular weight excluding hydrogens is 594 g/mol. The van der Waals surface area contributed by atoms with Crippen LogP contribution in [0.15, 0.2) is 24.3 Å².